The molecule has 4 heteroatoms. The molecule has 1 N–H and O–H groups in total. The lowest BCUT2D eigenvalue weighted by Gasteiger charge is -2.18. The lowest BCUT2D eigenvalue weighted by molar-refractivity contribution is -0.884. The fraction of sp³-hybridized carbons (Fsp3) is 0.304. The quantitative estimate of drug-likeness (QED) is 0.543. The summed E-state index contributed by atoms with van der Waals surface area (Å²) in [6, 6.07) is 16.3. The Morgan fingerprint density at radius 1 is 0.926 bits per heavy atom. The number of allylic oxidation sites excluding steroid dienone is 2. The third-order valence-corrected chi connectivity index (χ3v) is 4.32. The van der Waals surface area contributed by atoms with Crippen LogP contribution in [0.1, 0.15) is 24.1 Å². The van der Waals surface area contributed by atoms with Crippen molar-refractivity contribution in [3.05, 3.63) is 77.9 Å². The van der Waals surface area contributed by atoms with E-state index in [2.05, 4.69) is 38.4 Å². The summed E-state index contributed by atoms with van der Waals surface area (Å²) >= 11 is 0. The van der Waals surface area contributed by atoms with Gasteiger partial charge >= 0.3 is 0 Å². The van der Waals surface area contributed by atoms with Gasteiger partial charge in [-0.25, -0.2) is 0 Å². The molecule has 0 radical (unpaired) electrons. The largest absolute Gasteiger partial charge is 0.497 e. The van der Waals surface area contributed by atoms with Crippen molar-refractivity contribution in [3.8, 4) is 11.5 Å². The Bertz CT molecular complexity index is 746. The van der Waals surface area contributed by atoms with E-state index in [4.69, 9.17) is 14.2 Å². The fourth-order valence-corrected chi connectivity index (χ4v) is 2.84. The summed E-state index contributed by atoms with van der Waals surface area (Å²) in [4.78, 5) is 1.33. The SMILES string of the molecule is CCO/C(=C/C=C/C(c1ccc(OC)cc1)[NH+](C)C)c1ccc(OC)cc1. The minimum atomic E-state index is 0.242. The monoisotopic (exact) mass is 368 g/mol. The molecule has 1 atom stereocenters. The Balaban J connectivity index is 2.22. The van der Waals surface area contributed by atoms with Crippen molar-refractivity contribution in [2.45, 2.75) is 13.0 Å². The lowest BCUT2D eigenvalue weighted by atomic mass is 10.0. The van der Waals surface area contributed by atoms with Crippen LogP contribution in [0.2, 0.25) is 0 Å². The third-order valence-electron chi connectivity index (χ3n) is 4.32. The molecular weight excluding hydrogens is 338 g/mol. The average Bonchev–Trinajstić information content (AvgIpc) is 2.70. The Labute approximate surface area is 162 Å². The van der Waals surface area contributed by atoms with Crippen molar-refractivity contribution in [2.75, 3.05) is 34.9 Å². The summed E-state index contributed by atoms with van der Waals surface area (Å²) in [7, 11) is 7.65. The molecule has 144 valence electrons. The Morgan fingerprint density at radius 2 is 1.48 bits per heavy atom. The van der Waals surface area contributed by atoms with Crippen LogP contribution in [0.4, 0.5) is 0 Å². The van der Waals surface area contributed by atoms with Gasteiger partial charge in [0.1, 0.15) is 23.3 Å². The van der Waals surface area contributed by atoms with Crippen molar-refractivity contribution in [3.63, 3.8) is 0 Å². The van der Waals surface area contributed by atoms with Gasteiger partial charge in [-0.15, -0.1) is 0 Å². The van der Waals surface area contributed by atoms with E-state index in [1.165, 1.54) is 10.5 Å². The average molecular weight is 368 g/mol. The van der Waals surface area contributed by atoms with Crippen LogP contribution < -0.4 is 14.4 Å². The van der Waals surface area contributed by atoms with Crippen LogP contribution in [0.25, 0.3) is 5.76 Å². The minimum Gasteiger partial charge on any atom is -0.497 e. The maximum absolute atomic E-state index is 5.83. The van der Waals surface area contributed by atoms with E-state index in [1.807, 2.05) is 49.4 Å². The summed E-state index contributed by atoms with van der Waals surface area (Å²) < 4.78 is 16.3. The highest BCUT2D eigenvalue weighted by Crippen LogP contribution is 2.21. The van der Waals surface area contributed by atoms with E-state index in [9.17, 15) is 0 Å². The molecule has 0 aliphatic carbocycles. The molecule has 2 aromatic carbocycles. The van der Waals surface area contributed by atoms with Crippen LogP contribution in [-0.4, -0.2) is 34.9 Å². The normalized spacial score (nSPS) is 13.0. The van der Waals surface area contributed by atoms with Crippen LogP contribution in [0.3, 0.4) is 0 Å². The van der Waals surface area contributed by atoms with Gasteiger partial charge in [0.05, 0.1) is 34.9 Å². The minimum absolute atomic E-state index is 0.242. The Morgan fingerprint density at radius 3 is 1.96 bits per heavy atom. The zero-order valence-corrected chi connectivity index (χ0v) is 16.9. The van der Waals surface area contributed by atoms with Gasteiger partial charge < -0.3 is 19.1 Å². The van der Waals surface area contributed by atoms with E-state index in [1.54, 1.807) is 14.2 Å². The first-order chi connectivity index (χ1) is 13.1. The van der Waals surface area contributed by atoms with Gasteiger partial charge in [0.2, 0.25) is 0 Å². The van der Waals surface area contributed by atoms with Gasteiger partial charge in [-0.05, 0) is 67.6 Å². The summed E-state index contributed by atoms with van der Waals surface area (Å²) in [5, 5.41) is 0. The molecular formula is C23H30NO3+. The molecule has 1 unspecified atom stereocenters. The predicted molar refractivity (Wildman–Crippen MR) is 110 cm³/mol. The molecule has 0 aliphatic heterocycles. The first-order valence-corrected chi connectivity index (χ1v) is 9.18. The maximum Gasteiger partial charge on any atom is 0.132 e. The molecule has 0 spiro atoms. The van der Waals surface area contributed by atoms with Gasteiger partial charge in [-0.2, -0.15) is 0 Å². The van der Waals surface area contributed by atoms with E-state index >= 15 is 0 Å². The Kier molecular flexibility index (Phi) is 7.96. The highest BCUT2D eigenvalue weighted by Gasteiger charge is 2.14. The van der Waals surface area contributed by atoms with Crippen molar-refractivity contribution in [1.29, 1.82) is 0 Å². The van der Waals surface area contributed by atoms with Gasteiger partial charge in [0.25, 0.3) is 0 Å². The molecule has 0 amide bonds. The molecule has 0 bridgehead atoms. The second kappa shape index (κ2) is 10.4. The molecule has 0 heterocycles. The molecule has 0 saturated heterocycles. The Hall–Kier alpha value is -2.72. The second-order valence-corrected chi connectivity index (χ2v) is 6.41. The van der Waals surface area contributed by atoms with Crippen LogP contribution >= 0.6 is 0 Å². The van der Waals surface area contributed by atoms with E-state index in [0.29, 0.717) is 6.61 Å². The van der Waals surface area contributed by atoms with E-state index in [-0.39, 0.29) is 6.04 Å². The summed E-state index contributed by atoms with van der Waals surface area (Å²) in [5.41, 5.74) is 2.27. The maximum atomic E-state index is 5.83. The number of nitrogens with one attached hydrogen (secondary N) is 1. The third kappa shape index (κ3) is 5.90. The topological polar surface area (TPSA) is 32.1 Å². The molecule has 2 rings (SSSR count). The smallest absolute Gasteiger partial charge is 0.132 e. The number of quaternary nitrogens is 1. The number of rotatable bonds is 9. The molecule has 4 nitrogen and oxygen atoms in total. The van der Waals surface area contributed by atoms with Gasteiger partial charge in [-0.3, -0.25) is 0 Å². The molecule has 0 fully saturated rings. The van der Waals surface area contributed by atoms with Crippen molar-refractivity contribution in [1.82, 2.24) is 0 Å². The number of benzene rings is 2. The molecule has 0 saturated carbocycles. The molecule has 0 aromatic heterocycles. The van der Waals surface area contributed by atoms with Gasteiger partial charge in [0.15, 0.2) is 0 Å². The van der Waals surface area contributed by atoms with Crippen LogP contribution in [0.15, 0.2) is 66.8 Å². The standard InChI is InChI=1S/C23H29NO3/c1-6-27-23(19-12-16-21(26-5)17-13-19)9-7-8-22(24(2)3)18-10-14-20(25-4)15-11-18/h7-17,22H,6H2,1-5H3/p+1/b8-7+,23-9+. The number of likely N-dealkylation sites (N-methyl/N-ethyl adjacent to an activating group) is 1. The van der Waals surface area contributed by atoms with Gasteiger partial charge in [-0.1, -0.05) is 6.08 Å². The van der Waals surface area contributed by atoms with Gasteiger partial charge in [0, 0.05) is 11.1 Å². The zero-order valence-electron chi connectivity index (χ0n) is 16.9. The van der Waals surface area contributed by atoms with E-state index in [0.717, 1.165) is 22.8 Å². The van der Waals surface area contributed by atoms with Crippen molar-refractivity contribution < 1.29 is 19.1 Å². The van der Waals surface area contributed by atoms with Crippen molar-refractivity contribution >= 4 is 5.76 Å². The number of hydrogen-bond acceptors (Lipinski definition) is 3. The van der Waals surface area contributed by atoms with Crippen LogP contribution in [0, 0.1) is 0 Å². The summed E-state index contributed by atoms with van der Waals surface area (Å²) in [6.07, 6.45) is 6.28. The van der Waals surface area contributed by atoms with Crippen LogP contribution in [-0.2, 0) is 4.74 Å². The van der Waals surface area contributed by atoms with Crippen molar-refractivity contribution in [2.24, 2.45) is 0 Å². The summed E-state index contributed by atoms with van der Waals surface area (Å²) in [5.74, 6) is 2.55. The summed E-state index contributed by atoms with van der Waals surface area (Å²) in [6.45, 7) is 2.61. The number of hydrogen-bond donors (Lipinski definition) is 1. The zero-order chi connectivity index (χ0) is 19.6. The predicted octanol–water partition coefficient (Wildman–Crippen LogP) is 3.52. The lowest BCUT2D eigenvalue weighted by Crippen LogP contribution is -3.05. The fourth-order valence-electron chi connectivity index (χ4n) is 2.84. The van der Waals surface area contributed by atoms with Crippen LogP contribution in [0.5, 0.6) is 11.5 Å². The molecule has 0 aliphatic rings. The highest BCUT2D eigenvalue weighted by molar-refractivity contribution is 5.62. The first kappa shape index (κ1) is 20.6. The molecule has 27 heavy (non-hydrogen) atoms. The second-order valence-electron chi connectivity index (χ2n) is 6.41. The number of ether oxygens (including phenoxy) is 3. The van der Waals surface area contributed by atoms with E-state index < -0.39 is 0 Å². The molecule has 2 aromatic rings. The number of methoxy groups -OCH3 is 2. The first-order valence-electron chi connectivity index (χ1n) is 9.18. The highest BCUT2D eigenvalue weighted by atomic mass is 16.5.